The molecular weight excluding hydrogens is 155 g/mol. The molecule has 0 spiro atoms. The number of anilines is 1. The van der Waals surface area contributed by atoms with E-state index in [2.05, 4.69) is 10.3 Å². The van der Waals surface area contributed by atoms with Gasteiger partial charge < -0.3 is 5.32 Å². The van der Waals surface area contributed by atoms with Gasteiger partial charge >= 0.3 is 0 Å². The summed E-state index contributed by atoms with van der Waals surface area (Å²) in [4.78, 5) is 4.07. The van der Waals surface area contributed by atoms with Crippen molar-refractivity contribution in [2.45, 2.75) is 6.92 Å². The quantitative estimate of drug-likeness (QED) is 0.625. The molecular formula is C9H9FN2. The minimum atomic E-state index is -0.199. The number of fused-ring (bicyclic) bond motifs is 1. The van der Waals surface area contributed by atoms with E-state index in [1.54, 1.807) is 19.2 Å². The standard InChI is InChI=1S/C9H9FN2/c1-6-4-8-9(5-7(6)10)12-3-2-11-8/h3-5,11H,2H2,1H3. The van der Waals surface area contributed by atoms with Crippen molar-refractivity contribution in [2.24, 2.45) is 4.99 Å². The Morgan fingerprint density at radius 3 is 3.17 bits per heavy atom. The molecule has 1 aromatic rings. The van der Waals surface area contributed by atoms with E-state index in [0.29, 0.717) is 11.3 Å². The second-order valence-electron chi connectivity index (χ2n) is 2.81. The fourth-order valence-electron chi connectivity index (χ4n) is 1.22. The molecule has 2 rings (SSSR count). The van der Waals surface area contributed by atoms with Crippen LogP contribution in [0.1, 0.15) is 5.56 Å². The lowest BCUT2D eigenvalue weighted by atomic mass is 10.1. The maximum atomic E-state index is 13.0. The van der Waals surface area contributed by atoms with Crippen LogP contribution in [-0.2, 0) is 0 Å². The number of rotatable bonds is 0. The molecule has 0 amide bonds. The van der Waals surface area contributed by atoms with Crippen LogP contribution in [0, 0.1) is 12.7 Å². The third-order valence-electron chi connectivity index (χ3n) is 1.89. The molecule has 1 aliphatic rings. The minimum Gasteiger partial charge on any atom is -0.378 e. The first-order chi connectivity index (χ1) is 5.77. The van der Waals surface area contributed by atoms with Crippen LogP contribution in [-0.4, -0.2) is 12.8 Å². The molecule has 0 unspecified atom stereocenters. The monoisotopic (exact) mass is 164 g/mol. The topological polar surface area (TPSA) is 24.4 Å². The minimum absolute atomic E-state index is 0.199. The maximum Gasteiger partial charge on any atom is 0.128 e. The first-order valence-electron chi connectivity index (χ1n) is 3.84. The van der Waals surface area contributed by atoms with Crippen molar-refractivity contribution >= 4 is 17.6 Å². The summed E-state index contributed by atoms with van der Waals surface area (Å²) >= 11 is 0. The van der Waals surface area contributed by atoms with Crippen molar-refractivity contribution in [1.29, 1.82) is 0 Å². The van der Waals surface area contributed by atoms with Crippen LogP contribution in [0.25, 0.3) is 0 Å². The van der Waals surface area contributed by atoms with E-state index in [0.717, 1.165) is 12.2 Å². The van der Waals surface area contributed by atoms with Crippen molar-refractivity contribution in [3.05, 3.63) is 23.5 Å². The van der Waals surface area contributed by atoms with E-state index in [4.69, 9.17) is 0 Å². The Hall–Kier alpha value is -1.38. The van der Waals surface area contributed by atoms with Gasteiger partial charge in [-0.15, -0.1) is 0 Å². The van der Waals surface area contributed by atoms with Crippen LogP contribution in [0.3, 0.4) is 0 Å². The van der Waals surface area contributed by atoms with Gasteiger partial charge in [-0.3, -0.25) is 4.99 Å². The highest BCUT2D eigenvalue weighted by atomic mass is 19.1. The normalized spacial score (nSPS) is 13.8. The zero-order valence-electron chi connectivity index (χ0n) is 6.76. The molecule has 0 saturated carbocycles. The van der Waals surface area contributed by atoms with Gasteiger partial charge in [0.15, 0.2) is 0 Å². The highest BCUT2D eigenvalue weighted by Crippen LogP contribution is 2.29. The Morgan fingerprint density at radius 2 is 2.33 bits per heavy atom. The Labute approximate surface area is 70.1 Å². The Bertz CT molecular complexity index is 345. The van der Waals surface area contributed by atoms with E-state index < -0.39 is 0 Å². The second-order valence-corrected chi connectivity index (χ2v) is 2.81. The fourth-order valence-corrected chi connectivity index (χ4v) is 1.22. The average molecular weight is 164 g/mol. The number of hydrogen-bond donors (Lipinski definition) is 1. The first kappa shape index (κ1) is 7.28. The predicted molar refractivity (Wildman–Crippen MR) is 47.8 cm³/mol. The molecule has 1 aromatic carbocycles. The molecule has 0 aliphatic carbocycles. The third kappa shape index (κ3) is 1.07. The van der Waals surface area contributed by atoms with Gasteiger partial charge in [0.05, 0.1) is 17.9 Å². The molecule has 1 heterocycles. The van der Waals surface area contributed by atoms with Crippen LogP contribution in [0.4, 0.5) is 15.8 Å². The van der Waals surface area contributed by atoms with Gasteiger partial charge in [-0.1, -0.05) is 0 Å². The van der Waals surface area contributed by atoms with E-state index >= 15 is 0 Å². The van der Waals surface area contributed by atoms with Gasteiger partial charge in [-0.25, -0.2) is 4.39 Å². The number of nitrogens with one attached hydrogen (secondary N) is 1. The summed E-state index contributed by atoms with van der Waals surface area (Å²) in [7, 11) is 0. The molecule has 1 N–H and O–H groups in total. The van der Waals surface area contributed by atoms with Crippen molar-refractivity contribution in [3.8, 4) is 0 Å². The van der Waals surface area contributed by atoms with Gasteiger partial charge in [0, 0.05) is 12.3 Å². The van der Waals surface area contributed by atoms with Gasteiger partial charge in [0.2, 0.25) is 0 Å². The summed E-state index contributed by atoms with van der Waals surface area (Å²) in [5.74, 6) is -0.199. The third-order valence-corrected chi connectivity index (χ3v) is 1.89. The SMILES string of the molecule is Cc1cc2c(cc1F)N=CCN2. The summed E-state index contributed by atoms with van der Waals surface area (Å²) in [6.07, 6.45) is 1.73. The summed E-state index contributed by atoms with van der Waals surface area (Å²) in [6, 6.07) is 3.23. The van der Waals surface area contributed by atoms with Crippen molar-refractivity contribution in [1.82, 2.24) is 0 Å². The van der Waals surface area contributed by atoms with Crippen LogP contribution in [0.15, 0.2) is 17.1 Å². The van der Waals surface area contributed by atoms with Crippen LogP contribution in [0.2, 0.25) is 0 Å². The maximum absolute atomic E-state index is 13.0. The fraction of sp³-hybridized carbons (Fsp3) is 0.222. The van der Waals surface area contributed by atoms with E-state index in [-0.39, 0.29) is 5.82 Å². The number of benzene rings is 1. The van der Waals surface area contributed by atoms with E-state index in [1.165, 1.54) is 6.07 Å². The Kier molecular flexibility index (Phi) is 1.57. The van der Waals surface area contributed by atoms with E-state index in [9.17, 15) is 4.39 Å². The lowest BCUT2D eigenvalue weighted by Crippen LogP contribution is -2.07. The lowest BCUT2D eigenvalue weighted by Gasteiger charge is -2.12. The molecule has 12 heavy (non-hydrogen) atoms. The molecule has 0 saturated heterocycles. The molecule has 0 radical (unpaired) electrons. The van der Waals surface area contributed by atoms with Gasteiger partial charge in [-0.2, -0.15) is 0 Å². The number of aliphatic imine (C=N–C) groups is 1. The zero-order chi connectivity index (χ0) is 8.55. The number of halogens is 1. The lowest BCUT2D eigenvalue weighted by molar-refractivity contribution is 0.619. The van der Waals surface area contributed by atoms with Gasteiger partial charge in [0.25, 0.3) is 0 Å². The van der Waals surface area contributed by atoms with Crippen LogP contribution < -0.4 is 5.32 Å². The number of hydrogen-bond acceptors (Lipinski definition) is 2. The average Bonchev–Trinajstić information content (AvgIpc) is 2.07. The van der Waals surface area contributed by atoms with Crippen LogP contribution >= 0.6 is 0 Å². The summed E-state index contributed by atoms with van der Waals surface area (Å²) in [5, 5.41) is 3.11. The predicted octanol–water partition coefficient (Wildman–Crippen LogP) is 2.26. The van der Waals surface area contributed by atoms with Gasteiger partial charge in [-0.05, 0) is 18.6 Å². The summed E-state index contributed by atoms with van der Waals surface area (Å²) < 4.78 is 13.0. The summed E-state index contributed by atoms with van der Waals surface area (Å²) in [6.45, 7) is 2.47. The Balaban J connectivity index is 2.58. The highest BCUT2D eigenvalue weighted by molar-refractivity contribution is 5.80. The molecule has 0 aromatic heterocycles. The summed E-state index contributed by atoms with van der Waals surface area (Å²) in [5.41, 5.74) is 2.25. The molecule has 0 atom stereocenters. The van der Waals surface area contributed by atoms with Crippen molar-refractivity contribution < 1.29 is 4.39 Å². The van der Waals surface area contributed by atoms with Crippen LogP contribution in [0.5, 0.6) is 0 Å². The molecule has 1 aliphatic heterocycles. The van der Waals surface area contributed by atoms with Crippen molar-refractivity contribution in [2.75, 3.05) is 11.9 Å². The zero-order valence-corrected chi connectivity index (χ0v) is 6.76. The number of nitrogens with zero attached hydrogens (tertiary/aromatic N) is 1. The largest absolute Gasteiger partial charge is 0.378 e. The molecule has 0 bridgehead atoms. The van der Waals surface area contributed by atoms with Crippen molar-refractivity contribution in [3.63, 3.8) is 0 Å². The molecule has 62 valence electrons. The highest BCUT2D eigenvalue weighted by Gasteiger charge is 2.07. The Morgan fingerprint density at radius 1 is 1.50 bits per heavy atom. The first-order valence-corrected chi connectivity index (χ1v) is 3.84. The smallest absolute Gasteiger partial charge is 0.128 e. The molecule has 0 fully saturated rings. The second kappa shape index (κ2) is 2.59. The number of aryl methyl sites for hydroxylation is 1. The van der Waals surface area contributed by atoms with E-state index in [1.807, 2.05) is 0 Å². The van der Waals surface area contributed by atoms with Gasteiger partial charge in [0.1, 0.15) is 5.82 Å². The molecule has 3 heteroatoms. The molecule has 2 nitrogen and oxygen atoms in total.